The minimum absolute atomic E-state index is 0.227. The first-order valence-corrected chi connectivity index (χ1v) is 7.22. The molecule has 6 nitrogen and oxygen atoms in total. The second-order valence-electron chi connectivity index (χ2n) is 4.77. The number of nitrogens with one attached hydrogen (secondary N) is 1. The molecule has 1 aliphatic rings. The molecule has 1 heterocycles. The Morgan fingerprint density at radius 3 is 2.78 bits per heavy atom. The zero-order valence-electron chi connectivity index (χ0n) is 12.6. The summed E-state index contributed by atoms with van der Waals surface area (Å²) in [5.74, 6) is 1.82. The van der Waals surface area contributed by atoms with Crippen LogP contribution in [-0.2, 0) is 0 Å². The van der Waals surface area contributed by atoms with Crippen molar-refractivity contribution in [1.82, 2.24) is 5.43 Å². The normalized spacial score (nSPS) is 12.4. The fourth-order valence-electron chi connectivity index (χ4n) is 2.09. The zero-order chi connectivity index (χ0) is 16.1. The van der Waals surface area contributed by atoms with Crippen molar-refractivity contribution in [2.24, 2.45) is 5.10 Å². The first kappa shape index (κ1) is 14.9. The van der Waals surface area contributed by atoms with Gasteiger partial charge < -0.3 is 14.2 Å². The highest BCUT2D eigenvalue weighted by molar-refractivity contribution is 5.95. The fourth-order valence-corrected chi connectivity index (χ4v) is 2.09. The van der Waals surface area contributed by atoms with Gasteiger partial charge in [-0.2, -0.15) is 5.10 Å². The summed E-state index contributed by atoms with van der Waals surface area (Å²) in [6, 6.07) is 12.3. The molecule has 0 spiro atoms. The van der Waals surface area contributed by atoms with Crippen LogP contribution < -0.4 is 19.6 Å². The lowest BCUT2D eigenvalue weighted by Gasteiger charge is -2.04. The van der Waals surface area contributed by atoms with E-state index in [1.807, 2.05) is 13.0 Å². The number of amides is 1. The fraction of sp³-hybridized carbons (Fsp3) is 0.176. The highest BCUT2D eigenvalue weighted by Crippen LogP contribution is 2.31. The maximum Gasteiger partial charge on any atom is 0.271 e. The Labute approximate surface area is 133 Å². The van der Waals surface area contributed by atoms with Crippen molar-refractivity contribution in [3.63, 3.8) is 0 Å². The van der Waals surface area contributed by atoms with Gasteiger partial charge >= 0.3 is 0 Å². The van der Waals surface area contributed by atoms with E-state index >= 15 is 0 Å². The van der Waals surface area contributed by atoms with Crippen LogP contribution in [-0.4, -0.2) is 25.5 Å². The first-order chi connectivity index (χ1) is 11.3. The van der Waals surface area contributed by atoms with Crippen molar-refractivity contribution in [2.45, 2.75) is 6.92 Å². The Morgan fingerprint density at radius 2 is 2.00 bits per heavy atom. The third-order valence-corrected chi connectivity index (χ3v) is 3.20. The smallest absolute Gasteiger partial charge is 0.271 e. The standard InChI is InChI=1S/C17H16N2O4/c1-2-21-14-6-4-13(5-7-14)17(20)19-18-10-12-3-8-15-16(9-12)23-11-22-15/h3-10H,2,11H2,1H3,(H,19,20)/b18-10+. The molecule has 0 aliphatic carbocycles. The van der Waals surface area contributed by atoms with E-state index < -0.39 is 0 Å². The molecule has 1 N–H and O–H groups in total. The molecule has 3 rings (SSSR count). The number of hydrazone groups is 1. The minimum Gasteiger partial charge on any atom is -0.494 e. The number of ether oxygens (including phenoxy) is 3. The van der Waals surface area contributed by atoms with Gasteiger partial charge in [0.1, 0.15) is 5.75 Å². The number of carbonyl (C=O) groups is 1. The van der Waals surface area contributed by atoms with Gasteiger partial charge in [-0.25, -0.2) is 5.43 Å². The van der Waals surface area contributed by atoms with E-state index in [0.29, 0.717) is 23.7 Å². The monoisotopic (exact) mass is 312 g/mol. The average Bonchev–Trinajstić information content (AvgIpc) is 3.03. The lowest BCUT2D eigenvalue weighted by Crippen LogP contribution is -2.17. The van der Waals surface area contributed by atoms with Gasteiger partial charge in [0.25, 0.3) is 5.91 Å². The van der Waals surface area contributed by atoms with Gasteiger partial charge in [-0.15, -0.1) is 0 Å². The molecule has 0 aromatic heterocycles. The van der Waals surface area contributed by atoms with E-state index in [9.17, 15) is 4.79 Å². The predicted molar refractivity (Wildman–Crippen MR) is 85.2 cm³/mol. The lowest BCUT2D eigenvalue weighted by atomic mass is 10.2. The number of hydrogen-bond donors (Lipinski definition) is 1. The van der Waals surface area contributed by atoms with Crippen LogP contribution in [0.4, 0.5) is 0 Å². The molecule has 1 aliphatic heterocycles. The average molecular weight is 312 g/mol. The van der Waals surface area contributed by atoms with Crippen molar-refractivity contribution >= 4 is 12.1 Å². The van der Waals surface area contributed by atoms with E-state index in [2.05, 4.69) is 10.5 Å². The molecule has 23 heavy (non-hydrogen) atoms. The van der Waals surface area contributed by atoms with Gasteiger partial charge in [-0.1, -0.05) is 0 Å². The molecular formula is C17H16N2O4. The minimum atomic E-state index is -0.287. The van der Waals surface area contributed by atoms with E-state index in [0.717, 1.165) is 11.3 Å². The van der Waals surface area contributed by atoms with Crippen LogP contribution in [0, 0.1) is 0 Å². The maximum absolute atomic E-state index is 12.0. The van der Waals surface area contributed by atoms with Crippen molar-refractivity contribution < 1.29 is 19.0 Å². The number of benzene rings is 2. The Kier molecular flexibility index (Phi) is 4.42. The van der Waals surface area contributed by atoms with Crippen LogP contribution >= 0.6 is 0 Å². The zero-order valence-corrected chi connectivity index (χ0v) is 12.6. The van der Waals surface area contributed by atoms with E-state index in [-0.39, 0.29) is 12.7 Å². The molecule has 0 unspecified atom stereocenters. The third-order valence-electron chi connectivity index (χ3n) is 3.20. The number of fused-ring (bicyclic) bond motifs is 1. The molecule has 0 bridgehead atoms. The molecular weight excluding hydrogens is 296 g/mol. The highest BCUT2D eigenvalue weighted by Gasteiger charge is 2.12. The van der Waals surface area contributed by atoms with Gasteiger partial charge in [0.05, 0.1) is 12.8 Å². The van der Waals surface area contributed by atoms with Crippen molar-refractivity contribution in [3.05, 3.63) is 53.6 Å². The first-order valence-electron chi connectivity index (χ1n) is 7.22. The van der Waals surface area contributed by atoms with Crippen molar-refractivity contribution in [3.8, 4) is 17.2 Å². The van der Waals surface area contributed by atoms with Crippen LogP contribution in [0.3, 0.4) is 0 Å². The van der Waals surface area contributed by atoms with Gasteiger partial charge in [0, 0.05) is 5.56 Å². The Balaban J connectivity index is 1.59. The Bertz CT molecular complexity index is 726. The molecule has 0 saturated carbocycles. The summed E-state index contributed by atoms with van der Waals surface area (Å²) < 4.78 is 15.9. The van der Waals surface area contributed by atoms with Gasteiger partial charge in [0.15, 0.2) is 11.5 Å². The summed E-state index contributed by atoms with van der Waals surface area (Å²) in [4.78, 5) is 12.0. The van der Waals surface area contributed by atoms with E-state index in [4.69, 9.17) is 14.2 Å². The Morgan fingerprint density at radius 1 is 1.22 bits per heavy atom. The quantitative estimate of drug-likeness (QED) is 0.680. The predicted octanol–water partition coefficient (Wildman–Crippen LogP) is 2.58. The molecule has 0 radical (unpaired) electrons. The van der Waals surface area contributed by atoms with E-state index in [1.54, 1.807) is 42.6 Å². The van der Waals surface area contributed by atoms with Gasteiger partial charge in [-0.3, -0.25) is 4.79 Å². The van der Waals surface area contributed by atoms with Crippen LogP contribution in [0.2, 0.25) is 0 Å². The maximum atomic E-state index is 12.0. The van der Waals surface area contributed by atoms with Crippen LogP contribution in [0.15, 0.2) is 47.6 Å². The molecule has 0 saturated heterocycles. The third kappa shape index (κ3) is 3.60. The summed E-state index contributed by atoms with van der Waals surface area (Å²) in [6.45, 7) is 2.72. The SMILES string of the molecule is CCOc1ccc(C(=O)N/N=C/c2ccc3c(c2)OCO3)cc1. The summed E-state index contributed by atoms with van der Waals surface area (Å²) in [5, 5.41) is 3.95. The van der Waals surface area contributed by atoms with Gasteiger partial charge in [0.2, 0.25) is 6.79 Å². The number of hydrogen-bond acceptors (Lipinski definition) is 5. The molecule has 0 fully saturated rings. The Hall–Kier alpha value is -3.02. The summed E-state index contributed by atoms with van der Waals surface area (Å²) >= 11 is 0. The van der Waals surface area contributed by atoms with Crippen LogP contribution in [0.1, 0.15) is 22.8 Å². The highest BCUT2D eigenvalue weighted by atomic mass is 16.7. The molecule has 1 amide bonds. The van der Waals surface area contributed by atoms with Crippen molar-refractivity contribution in [2.75, 3.05) is 13.4 Å². The lowest BCUT2D eigenvalue weighted by molar-refractivity contribution is 0.0955. The second kappa shape index (κ2) is 6.83. The van der Waals surface area contributed by atoms with Crippen molar-refractivity contribution in [1.29, 1.82) is 0 Å². The molecule has 6 heteroatoms. The number of rotatable bonds is 5. The van der Waals surface area contributed by atoms with E-state index in [1.165, 1.54) is 0 Å². The molecule has 2 aromatic carbocycles. The second-order valence-corrected chi connectivity index (χ2v) is 4.77. The molecule has 118 valence electrons. The topological polar surface area (TPSA) is 69.2 Å². The summed E-state index contributed by atoms with van der Waals surface area (Å²) in [6.07, 6.45) is 1.55. The van der Waals surface area contributed by atoms with Gasteiger partial charge in [-0.05, 0) is 55.0 Å². The van der Waals surface area contributed by atoms with Crippen LogP contribution in [0.5, 0.6) is 17.2 Å². The molecule has 0 atom stereocenters. The largest absolute Gasteiger partial charge is 0.494 e. The van der Waals surface area contributed by atoms with Crippen LogP contribution in [0.25, 0.3) is 0 Å². The number of carbonyl (C=O) groups excluding carboxylic acids is 1. The number of nitrogens with zero attached hydrogens (tertiary/aromatic N) is 1. The summed E-state index contributed by atoms with van der Waals surface area (Å²) in [7, 11) is 0. The summed E-state index contributed by atoms with van der Waals surface area (Å²) in [5.41, 5.74) is 3.80. The molecule has 2 aromatic rings.